The summed E-state index contributed by atoms with van der Waals surface area (Å²) in [6.07, 6.45) is 0. The van der Waals surface area contributed by atoms with Crippen molar-refractivity contribution >= 4 is 21.1 Å². The van der Waals surface area contributed by atoms with E-state index in [4.69, 9.17) is 13.9 Å². The highest BCUT2D eigenvalue weighted by Gasteiger charge is 2.22. The van der Waals surface area contributed by atoms with Crippen LogP contribution in [-0.2, 0) is 17.1 Å². The highest BCUT2D eigenvalue weighted by molar-refractivity contribution is 7.89. The molecule has 0 fully saturated rings. The van der Waals surface area contributed by atoms with Crippen LogP contribution in [0.4, 0.5) is 0 Å². The van der Waals surface area contributed by atoms with Crippen LogP contribution in [0, 0.1) is 0 Å². The van der Waals surface area contributed by atoms with E-state index >= 15 is 0 Å². The summed E-state index contributed by atoms with van der Waals surface area (Å²) in [5.74, 6) is 0.792. The maximum Gasteiger partial charge on any atom is 0.419 e. The third-order valence-electron chi connectivity index (χ3n) is 4.21. The largest absolute Gasteiger partial charge is 0.497 e. The molecule has 2 aromatic carbocycles. The molecular weight excluding hydrogens is 372 g/mol. The van der Waals surface area contributed by atoms with Gasteiger partial charge in [-0.3, -0.25) is 4.57 Å². The molecule has 0 atom stereocenters. The number of ether oxygens (including phenoxy) is 2. The van der Waals surface area contributed by atoms with Gasteiger partial charge in [-0.2, -0.15) is 4.31 Å². The molecule has 144 valence electrons. The molecule has 0 aliphatic carbocycles. The van der Waals surface area contributed by atoms with E-state index in [2.05, 4.69) is 0 Å². The first-order chi connectivity index (χ1) is 12.8. The van der Waals surface area contributed by atoms with Gasteiger partial charge in [0.1, 0.15) is 18.1 Å². The highest BCUT2D eigenvalue weighted by atomic mass is 32.2. The molecule has 0 aliphatic heterocycles. The second-order valence-electron chi connectivity index (χ2n) is 5.91. The van der Waals surface area contributed by atoms with Gasteiger partial charge in [-0.25, -0.2) is 13.2 Å². The van der Waals surface area contributed by atoms with Crippen molar-refractivity contribution in [2.24, 2.45) is 7.05 Å². The summed E-state index contributed by atoms with van der Waals surface area (Å²) >= 11 is 0. The summed E-state index contributed by atoms with van der Waals surface area (Å²) in [5, 5.41) is 0. The van der Waals surface area contributed by atoms with E-state index in [1.54, 1.807) is 44.5 Å². The molecule has 0 bridgehead atoms. The summed E-state index contributed by atoms with van der Waals surface area (Å²) in [6.45, 7) is 0.343. The lowest BCUT2D eigenvalue weighted by atomic mass is 10.3. The van der Waals surface area contributed by atoms with Crippen LogP contribution in [0.15, 0.2) is 56.6 Å². The van der Waals surface area contributed by atoms with Gasteiger partial charge < -0.3 is 13.9 Å². The van der Waals surface area contributed by atoms with E-state index < -0.39 is 15.8 Å². The number of methoxy groups -OCH3 is 1. The Morgan fingerprint density at radius 2 is 1.78 bits per heavy atom. The van der Waals surface area contributed by atoms with Gasteiger partial charge in [-0.15, -0.1) is 0 Å². The number of fused-ring (bicyclic) bond motifs is 1. The monoisotopic (exact) mass is 392 g/mol. The molecule has 8 nitrogen and oxygen atoms in total. The van der Waals surface area contributed by atoms with Crippen LogP contribution >= 0.6 is 0 Å². The van der Waals surface area contributed by atoms with E-state index in [1.807, 2.05) is 0 Å². The molecule has 1 aromatic heterocycles. The van der Waals surface area contributed by atoms with Gasteiger partial charge in [0.25, 0.3) is 0 Å². The van der Waals surface area contributed by atoms with E-state index in [0.717, 1.165) is 0 Å². The average Bonchev–Trinajstić information content (AvgIpc) is 2.95. The van der Waals surface area contributed by atoms with Gasteiger partial charge in [0, 0.05) is 26.7 Å². The molecular formula is C18H20N2O6S. The second kappa shape index (κ2) is 7.45. The molecule has 0 spiro atoms. The molecule has 0 saturated carbocycles. The Balaban J connectivity index is 1.69. The lowest BCUT2D eigenvalue weighted by molar-refractivity contribution is 0.286. The van der Waals surface area contributed by atoms with Crippen LogP contribution in [0.1, 0.15) is 0 Å². The average molecular weight is 392 g/mol. The zero-order chi connectivity index (χ0) is 19.6. The summed E-state index contributed by atoms with van der Waals surface area (Å²) in [7, 11) is 0.871. The molecule has 0 N–H and O–H groups in total. The van der Waals surface area contributed by atoms with E-state index in [-0.39, 0.29) is 23.6 Å². The predicted octanol–water partition coefficient (Wildman–Crippen LogP) is 1.84. The van der Waals surface area contributed by atoms with Crippen LogP contribution < -0.4 is 15.2 Å². The maximum atomic E-state index is 12.7. The van der Waals surface area contributed by atoms with Crippen LogP contribution in [0.5, 0.6) is 11.5 Å². The Morgan fingerprint density at radius 3 is 2.44 bits per heavy atom. The lowest BCUT2D eigenvalue weighted by Gasteiger charge is -2.17. The Morgan fingerprint density at radius 1 is 1.11 bits per heavy atom. The molecule has 3 rings (SSSR count). The number of oxazole rings is 1. The smallest absolute Gasteiger partial charge is 0.419 e. The minimum atomic E-state index is -3.74. The number of sulfonamides is 1. The molecule has 1 heterocycles. The quantitative estimate of drug-likeness (QED) is 0.609. The second-order valence-corrected chi connectivity index (χ2v) is 7.95. The van der Waals surface area contributed by atoms with Crippen molar-refractivity contribution in [2.45, 2.75) is 4.90 Å². The first-order valence-corrected chi connectivity index (χ1v) is 9.59. The Bertz CT molecular complexity index is 1100. The number of benzene rings is 2. The van der Waals surface area contributed by atoms with Crippen molar-refractivity contribution in [1.82, 2.24) is 8.87 Å². The topological polar surface area (TPSA) is 91.0 Å². The first kappa shape index (κ1) is 19.0. The normalized spacial score (nSPS) is 11.9. The van der Waals surface area contributed by atoms with Gasteiger partial charge in [0.2, 0.25) is 10.0 Å². The molecule has 0 saturated heterocycles. The van der Waals surface area contributed by atoms with Crippen molar-refractivity contribution in [3.8, 4) is 11.5 Å². The van der Waals surface area contributed by atoms with Crippen LogP contribution in [0.25, 0.3) is 11.1 Å². The van der Waals surface area contributed by atoms with Gasteiger partial charge >= 0.3 is 5.76 Å². The molecule has 0 radical (unpaired) electrons. The molecule has 27 heavy (non-hydrogen) atoms. The van der Waals surface area contributed by atoms with Gasteiger partial charge in [0.05, 0.1) is 17.5 Å². The number of rotatable bonds is 7. The van der Waals surface area contributed by atoms with Gasteiger partial charge in [-0.1, -0.05) is 0 Å². The van der Waals surface area contributed by atoms with Crippen LogP contribution in [0.3, 0.4) is 0 Å². The van der Waals surface area contributed by atoms with Gasteiger partial charge in [-0.05, 0) is 36.4 Å². The van der Waals surface area contributed by atoms with Crippen molar-refractivity contribution in [3.63, 3.8) is 0 Å². The number of nitrogens with zero attached hydrogens (tertiary/aromatic N) is 2. The molecule has 9 heteroatoms. The molecule has 0 aliphatic rings. The number of likely N-dealkylation sites (N-methyl/N-ethyl adjacent to an activating group) is 1. The summed E-state index contributed by atoms with van der Waals surface area (Å²) in [6, 6.07) is 11.4. The minimum Gasteiger partial charge on any atom is -0.497 e. The Hall–Kier alpha value is -2.78. The summed E-state index contributed by atoms with van der Waals surface area (Å²) in [4.78, 5) is 11.6. The third kappa shape index (κ3) is 3.83. The fourth-order valence-electron chi connectivity index (χ4n) is 2.54. The molecule has 0 amide bonds. The first-order valence-electron chi connectivity index (χ1n) is 8.15. The van der Waals surface area contributed by atoms with Crippen molar-refractivity contribution < 1.29 is 22.3 Å². The van der Waals surface area contributed by atoms with E-state index in [0.29, 0.717) is 17.0 Å². The number of hydrogen-bond acceptors (Lipinski definition) is 6. The van der Waals surface area contributed by atoms with Crippen LogP contribution in [-0.4, -0.2) is 44.6 Å². The SMILES string of the molecule is COc1ccc(OCCN(C)S(=O)(=O)c2ccc3c(c2)oc(=O)n3C)cc1. The number of aryl methyl sites for hydroxylation is 1. The predicted molar refractivity (Wildman–Crippen MR) is 99.8 cm³/mol. The van der Waals surface area contributed by atoms with Crippen molar-refractivity contribution in [1.29, 1.82) is 0 Å². The van der Waals surface area contributed by atoms with Crippen molar-refractivity contribution in [2.75, 3.05) is 27.3 Å². The Kier molecular flexibility index (Phi) is 5.24. The van der Waals surface area contributed by atoms with E-state index in [9.17, 15) is 13.2 Å². The zero-order valence-corrected chi connectivity index (χ0v) is 16.0. The lowest BCUT2D eigenvalue weighted by Crippen LogP contribution is -2.31. The molecule has 0 unspecified atom stereocenters. The summed E-state index contributed by atoms with van der Waals surface area (Å²) < 4.78 is 43.7. The zero-order valence-electron chi connectivity index (χ0n) is 15.2. The maximum absolute atomic E-state index is 12.7. The number of hydrogen-bond donors (Lipinski definition) is 0. The third-order valence-corrected chi connectivity index (χ3v) is 6.06. The standard InChI is InChI=1S/C18H20N2O6S/c1-19(10-11-25-14-6-4-13(24-3)5-7-14)27(22,23)15-8-9-16-17(12-15)26-18(21)20(16)2/h4-9,12H,10-11H2,1-3H3. The highest BCUT2D eigenvalue weighted by Crippen LogP contribution is 2.21. The van der Waals surface area contributed by atoms with Gasteiger partial charge in [0.15, 0.2) is 5.58 Å². The minimum absolute atomic E-state index is 0.0521. The fourth-order valence-corrected chi connectivity index (χ4v) is 3.71. The van der Waals surface area contributed by atoms with E-state index in [1.165, 1.54) is 28.1 Å². The van der Waals surface area contributed by atoms with Crippen molar-refractivity contribution in [3.05, 3.63) is 53.0 Å². The Labute approximate surface area is 156 Å². The van der Waals surface area contributed by atoms with Crippen LogP contribution in [0.2, 0.25) is 0 Å². The number of aromatic nitrogens is 1. The fraction of sp³-hybridized carbons (Fsp3) is 0.278. The summed E-state index contributed by atoms with van der Waals surface area (Å²) in [5.41, 5.74) is 0.760. The molecule has 3 aromatic rings.